The van der Waals surface area contributed by atoms with E-state index in [9.17, 15) is 0 Å². The molecule has 1 fully saturated rings. The van der Waals surface area contributed by atoms with Crippen LogP contribution in [0.15, 0.2) is 4.52 Å². The predicted molar refractivity (Wildman–Crippen MR) is 68.0 cm³/mol. The Bertz CT molecular complexity index is 361. The summed E-state index contributed by atoms with van der Waals surface area (Å²) < 4.78 is 5.17. The van der Waals surface area contributed by atoms with Crippen LogP contribution in [0.2, 0.25) is 0 Å². The van der Waals surface area contributed by atoms with Gasteiger partial charge in [0.2, 0.25) is 0 Å². The molecule has 4 nitrogen and oxygen atoms in total. The van der Waals surface area contributed by atoms with Gasteiger partial charge in [0.05, 0.1) is 5.69 Å². The minimum absolute atomic E-state index is 0.374. The fourth-order valence-corrected chi connectivity index (χ4v) is 2.54. The first kappa shape index (κ1) is 12.6. The van der Waals surface area contributed by atoms with Crippen molar-refractivity contribution in [3.05, 3.63) is 17.0 Å². The minimum Gasteiger partial charge on any atom is -0.361 e. The lowest BCUT2D eigenvalue weighted by molar-refractivity contribution is 0.0598. The molecule has 1 aliphatic rings. The first-order valence-corrected chi connectivity index (χ1v) is 6.35. The zero-order chi connectivity index (χ0) is 12.5. The molecule has 2 rings (SSSR count). The molecule has 0 aliphatic heterocycles. The van der Waals surface area contributed by atoms with Crippen LogP contribution >= 0.6 is 0 Å². The minimum atomic E-state index is 0.374. The molecule has 0 radical (unpaired) electrons. The van der Waals surface area contributed by atoms with Crippen molar-refractivity contribution in [1.82, 2.24) is 15.4 Å². The third-order valence-electron chi connectivity index (χ3n) is 4.17. The molecule has 0 amide bonds. The standard InChI is InChI=1S/C13H23N3O/c1-10-12(11(2)17-15-10)8-14-9-13(16(3)4)6-5-7-13/h14H,5-9H2,1-4H3. The largest absolute Gasteiger partial charge is 0.361 e. The lowest BCUT2D eigenvalue weighted by Crippen LogP contribution is -2.56. The van der Waals surface area contributed by atoms with Gasteiger partial charge in [-0.1, -0.05) is 5.16 Å². The summed E-state index contributed by atoms with van der Waals surface area (Å²) in [5.74, 6) is 0.933. The van der Waals surface area contributed by atoms with E-state index in [1.54, 1.807) is 0 Å². The van der Waals surface area contributed by atoms with Crippen molar-refractivity contribution in [1.29, 1.82) is 0 Å². The molecule has 0 bridgehead atoms. The van der Waals surface area contributed by atoms with E-state index in [-0.39, 0.29) is 0 Å². The molecule has 1 aromatic heterocycles. The number of nitrogens with one attached hydrogen (secondary N) is 1. The Hall–Kier alpha value is -0.870. The Morgan fingerprint density at radius 1 is 1.35 bits per heavy atom. The molecule has 96 valence electrons. The van der Waals surface area contributed by atoms with E-state index in [2.05, 4.69) is 29.5 Å². The van der Waals surface area contributed by atoms with Crippen molar-refractivity contribution < 1.29 is 4.52 Å². The molecule has 1 aromatic rings. The van der Waals surface area contributed by atoms with E-state index < -0.39 is 0 Å². The van der Waals surface area contributed by atoms with Gasteiger partial charge in [-0.25, -0.2) is 0 Å². The maximum Gasteiger partial charge on any atom is 0.138 e. The van der Waals surface area contributed by atoms with E-state index >= 15 is 0 Å². The Morgan fingerprint density at radius 2 is 2.06 bits per heavy atom. The lowest BCUT2D eigenvalue weighted by Gasteiger charge is -2.47. The van der Waals surface area contributed by atoms with Crippen molar-refractivity contribution in [2.45, 2.75) is 45.2 Å². The number of hydrogen-bond acceptors (Lipinski definition) is 4. The molecule has 0 unspecified atom stereocenters. The average Bonchev–Trinajstić information content (AvgIpc) is 2.52. The summed E-state index contributed by atoms with van der Waals surface area (Å²) >= 11 is 0. The van der Waals surface area contributed by atoms with E-state index in [1.165, 1.54) is 24.8 Å². The van der Waals surface area contributed by atoms with Gasteiger partial charge in [0.15, 0.2) is 0 Å². The van der Waals surface area contributed by atoms with Gasteiger partial charge in [-0.15, -0.1) is 0 Å². The van der Waals surface area contributed by atoms with Crippen LogP contribution in [-0.4, -0.2) is 36.2 Å². The van der Waals surface area contributed by atoms with Gasteiger partial charge in [-0.05, 0) is 47.2 Å². The second kappa shape index (κ2) is 4.78. The average molecular weight is 237 g/mol. The number of rotatable bonds is 5. The molecule has 0 aromatic carbocycles. The van der Waals surface area contributed by atoms with Crippen LogP contribution in [0.25, 0.3) is 0 Å². The Balaban J connectivity index is 1.87. The van der Waals surface area contributed by atoms with Crippen molar-refractivity contribution in [3.63, 3.8) is 0 Å². The molecule has 1 heterocycles. The molecule has 1 saturated carbocycles. The third kappa shape index (κ3) is 2.38. The highest BCUT2D eigenvalue weighted by molar-refractivity contribution is 5.20. The molecule has 4 heteroatoms. The zero-order valence-corrected chi connectivity index (χ0v) is 11.3. The van der Waals surface area contributed by atoms with Gasteiger partial charge in [0, 0.05) is 24.2 Å². The highest BCUT2D eigenvalue weighted by Gasteiger charge is 2.38. The summed E-state index contributed by atoms with van der Waals surface area (Å²) in [6.07, 6.45) is 3.95. The van der Waals surface area contributed by atoms with Gasteiger partial charge in [0.1, 0.15) is 5.76 Å². The van der Waals surface area contributed by atoms with Crippen LogP contribution in [0.3, 0.4) is 0 Å². The molecular weight excluding hydrogens is 214 g/mol. The Kier molecular flexibility index (Phi) is 3.54. The number of aromatic nitrogens is 1. The summed E-state index contributed by atoms with van der Waals surface area (Å²) in [5.41, 5.74) is 2.58. The van der Waals surface area contributed by atoms with Crippen molar-refractivity contribution in [2.24, 2.45) is 0 Å². The summed E-state index contributed by atoms with van der Waals surface area (Å²) in [6, 6.07) is 0. The second-order valence-electron chi connectivity index (χ2n) is 5.38. The summed E-state index contributed by atoms with van der Waals surface area (Å²) in [4.78, 5) is 2.36. The predicted octanol–water partition coefficient (Wildman–Crippen LogP) is 1.87. The van der Waals surface area contributed by atoms with Crippen LogP contribution in [0.5, 0.6) is 0 Å². The number of hydrogen-bond donors (Lipinski definition) is 1. The van der Waals surface area contributed by atoms with Crippen LogP contribution < -0.4 is 5.32 Å². The fraction of sp³-hybridized carbons (Fsp3) is 0.769. The zero-order valence-electron chi connectivity index (χ0n) is 11.3. The van der Waals surface area contributed by atoms with Crippen LogP contribution in [0.1, 0.15) is 36.3 Å². The molecule has 1 aliphatic carbocycles. The van der Waals surface area contributed by atoms with Gasteiger partial charge in [-0.2, -0.15) is 0 Å². The SMILES string of the molecule is Cc1noc(C)c1CNCC1(N(C)C)CCC1. The van der Waals surface area contributed by atoms with E-state index in [1.807, 2.05) is 13.8 Å². The Morgan fingerprint density at radius 3 is 2.47 bits per heavy atom. The molecule has 1 N–H and O–H groups in total. The first-order chi connectivity index (χ1) is 8.05. The van der Waals surface area contributed by atoms with E-state index in [0.29, 0.717) is 5.54 Å². The topological polar surface area (TPSA) is 41.3 Å². The van der Waals surface area contributed by atoms with Crippen LogP contribution in [0, 0.1) is 13.8 Å². The van der Waals surface area contributed by atoms with Crippen molar-refractivity contribution >= 4 is 0 Å². The van der Waals surface area contributed by atoms with Gasteiger partial charge < -0.3 is 14.7 Å². The van der Waals surface area contributed by atoms with E-state index in [0.717, 1.165) is 24.5 Å². The lowest BCUT2D eigenvalue weighted by atomic mass is 9.75. The molecule has 17 heavy (non-hydrogen) atoms. The third-order valence-corrected chi connectivity index (χ3v) is 4.17. The van der Waals surface area contributed by atoms with Gasteiger partial charge >= 0.3 is 0 Å². The first-order valence-electron chi connectivity index (χ1n) is 6.35. The highest BCUT2D eigenvalue weighted by atomic mass is 16.5. The highest BCUT2D eigenvalue weighted by Crippen LogP contribution is 2.35. The van der Waals surface area contributed by atoms with Gasteiger partial charge in [-0.3, -0.25) is 0 Å². The monoisotopic (exact) mass is 237 g/mol. The number of aryl methyl sites for hydroxylation is 2. The molecular formula is C13H23N3O. The maximum atomic E-state index is 5.17. The van der Waals surface area contributed by atoms with Crippen LogP contribution in [0.4, 0.5) is 0 Å². The maximum absolute atomic E-state index is 5.17. The van der Waals surface area contributed by atoms with Gasteiger partial charge in [0.25, 0.3) is 0 Å². The molecule has 0 atom stereocenters. The summed E-state index contributed by atoms with van der Waals surface area (Å²) in [5, 5.41) is 7.53. The smallest absolute Gasteiger partial charge is 0.138 e. The molecule has 0 saturated heterocycles. The molecule has 0 spiro atoms. The van der Waals surface area contributed by atoms with Crippen LogP contribution in [-0.2, 0) is 6.54 Å². The van der Waals surface area contributed by atoms with Crippen molar-refractivity contribution in [2.75, 3.05) is 20.6 Å². The summed E-state index contributed by atoms with van der Waals surface area (Å²) in [6.45, 7) is 5.88. The number of nitrogens with zero attached hydrogens (tertiary/aromatic N) is 2. The normalized spacial score (nSPS) is 18.4. The number of likely N-dealkylation sites (N-methyl/N-ethyl adjacent to an activating group) is 1. The van der Waals surface area contributed by atoms with E-state index in [4.69, 9.17) is 4.52 Å². The second-order valence-corrected chi connectivity index (χ2v) is 5.38. The Labute approximate surface area is 103 Å². The van der Waals surface area contributed by atoms with Crippen molar-refractivity contribution in [3.8, 4) is 0 Å². The summed E-state index contributed by atoms with van der Waals surface area (Å²) in [7, 11) is 4.35. The fourth-order valence-electron chi connectivity index (χ4n) is 2.54. The quantitative estimate of drug-likeness (QED) is 0.849.